The summed E-state index contributed by atoms with van der Waals surface area (Å²) in [5.41, 5.74) is 7.26. The lowest BCUT2D eigenvalue weighted by atomic mass is 10.2. The van der Waals surface area contributed by atoms with E-state index in [4.69, 9.17) is 5.73 Å². The van der Waals surface area contributed by atoms with Gasteiger partial charge in [-0.05, 0) is 18.2 Å². The predicted octanol–water partition coefficient (Wildman–Crippen LogP) is -0.354. The number of carbonyl (C=O) groups excluding carboxylic acids is 1. The van der Waals surface area contributed by atoms with Gasteiger partial charge >= 0.3 is 0 Å². The van der Waals surface area contributed by atoms with Crippen LogP contribution in [0.5, 0.6) is 0 Å². The van der Waals surface area contributed by atoms with E-state index in [-0.39, 0.29) is 5.91 Å². The largest absolute Gasteiger partial charge is 0.351 e. The third kappa shape index (κ3) is 1.94. The summed E-state index contributed by atoms with van der Waals surface area (Å²) in [6, 6.07) is 5.14. The molecule has 0 saturated heterocycles. The van der Waals surface area contributed by atoms with Crippen molar-refractivity contribution in [1.82, 2.24) is 20.7 Å². The number of aromatic amines is 1. The van der Waals surface area contributed by atoms with Crippen LogP contribution in [0.25, 0.3) is 11.0 Å². The molecular formula is C9H11N5O. The molecule has 0 radical (unpaired) electrons. The zero-order valence-electron chi connectivity index (χ0n) is 8.03. The normalized spacial score (nSPS) is 10.5. The van der Waals surface area contributed by atoms with Crippen molar-refractivity contribution in [3.8, 4) is 0 Å². The van der Waals surface area contributed by atoms with E-state index in [1.165, 1.54) is 0 Å². The number of carbonyl (C=O) groups is 1. The first-order valence-electron chi connectivity index (χ1n) is 4.60. The highest BCUT2D eigenvalue weighted by molar-refractivity contribution is 5.97. The number of H-pyrrole nitrogens is 1. The van der Waals surface area contributed by atoms with E-state index >= 15 is 0 Å². The second-order valence-electron chi connectivity index (χ2n) is 3.07. The molecule has 2 rings (SSSR count). The van der Waals surface area contributed by atoms with Crippen molar-refractivity contribution >= 4 is 16.9 Å². The van der Waals surface area contributed by atoms with Gasteiger partial charge in [-0.2, -0.15) is 15.4 Å². The zero-order valence-corrected chi connectivity index (χ0v) is 8.03. The maximum Gasteiger partial charge on any atom is 0.251 e. The van der Waals surface area contributed by atoms with E-state index in [9.17, 15) is 4.79 Å². The molecule has 0 fully saturated rings. The van der Waals surface area contributed by atoms with Crippen molar-refractivity contribution in [3.63, 3.8) is 0 Å². The molecule has 0 saturated carbocycles. The SMILES string of the molecule is NCCNC(=O)c1ccc2n[nH]nc2c1. The van der Waals surface area contributed by atoms with Gasteiger partial charge in [0.05, 0.1) is 0 Å². The average molecular weight is 205 g/mol. The number of fused-ring (bicyclic) bond motifs is 1. The van der Waals surface area contributed by atoms with Crippen molar-refractivity contribution in [2.75, 3.05) is 13.1 Å². The van der Waals surface area contributed by atoms with Crippen LogP contribution in [0.3, 0.4) is 0 Å². The lowest BCUT2D eigenvalue weighted by Gasteiger charge is -2.02. The average Bonchev–Trinajstić information content (AvgIpc) is 2.72. The Kier molecular flexibility index (Phi) is 2.59. The summed E-state index contributed by atoms with van der Waals surface area (Å²) in [4.78, 5) is 11.5. The van der Waals surface area contributed by atoms with Crippen LogP contribution in [0.1, 0.15) is 10.4 Å². The number of rotatable bonds is 3. The fourth-order valence-electron chi connectivity index (χ4n) is 1.27. The minimum atomic E-state index is -0.148. The Balaban J connectivity index is 2.23. The molecule has 0 aliphatic rings. The van der Waals surface area contributed by atoms with Crippen molar-refractivity contribution in [2.24, 2.45) is 5.73 Å². The van der Waals surface area contributed by atoms with Gasteiger partial charge in [-0.15, -0.1) is 0 Å². The molecule has 0 aliphatic heterocycles. The number of nitrogens with two attached hydrogens (primary N) is 1. The molecule has 0 unspecified atom stereocenters. The van der Waals surface area contributed by atoms with Crippen LogP contribution in [0.4, 0.5) is 0 Å². The molecule has 15 heavy (non-hydrogen) atoms. The van der Waals surface area contributed by atoms with Gasteiger partial charge in [0.2, 0.25) is 0 Å². The second-order valence-corrected chi connectivity index (χ2v) is 3.07. The minimum Gasteiger partial charge on any atom is -0.351 e. The summed E-state index contributed by atoms with van der Waals surface area (Å²) in [5.74, 6) is -0.148. The van der Waals surface area contributed by atoms with Gasteiger partial charge < -0.3 is 11.1 Å². The summed E-state index contributed by atoms with van der Waals surface area (Å²) in [5, 5.41) is 13.0. The number of benzene rings is 1. The fraction of sp³-hybridized carbons (Fsp3) is 0.222. The number of nitrogens with zero attached hydrogens (tertiary/aromatic N) is 2. The molecule has 0 bridgehead atoms. The van der Waals surface area contributed by atoms with Gasteiger partial charge in [-0.25, -0.2) is 0 Å². The summed E-state index contributed by atoms with van der Waals surface area (Å²) in [7, 11) is 0. The third-order valence-corrected chi connectivity index (χ3v) is 2.01. The molecule has 4 N–H and O–H groups in total. The van der Waals surface area contributed by atoms with Gasteiger partial charge in [0.1, 0.15) is 11.0 Å². The Hall–Kier alpha value is -1.95. The monoisotopic (exact) mass is 205 g/mol. The Morgan fingerprint density at radius 3 is 3.00 bits per heavy atom. The number of aromatic nitrogens is 3. The molecule has 1 aromatic carbocycles. The molecule has 78 valence electrons. The van der Waals surface area contributed by atoms with Crippen molar-refractivity contribution in [3.05, 3.63) is 23.8 Å². The summed E-state index contributed by atoms with van der Waals surface area (Å²) in [6.45, 7) is 0.896. The molecule has 2 aromatic rings. The van der Waals surface area contributed by atoms with Crippen molar-refractivity contribution < 1.29 is 4.79 Å². The zero-order chi connectivity index (χ0) is 10.7. The number of hydrogen-bond donors (Lipinski definition) is 3. The quantitative estimate of drug-likeness (QED) is 0.637. The van der Waals surface area contributed by atoms with Crippen LogP contribution >= 0.6 is 0 Å². The Morgan fingerprint density at radius 1 is 1.40 bits per heavy atom. The maximum atomic E-state index is 11.5. The standard InChI is InChI=1S/C9H11N5O/c10-3-4-11-9(15)6-1-2-7-8(5-6)13-14-12-7/h1-2,5H,3-4,10H2,(H,11,15)(H,12,13,14). The maximum absolute atomic E-state index is 11.5. The van der Waals surface area contributed by atoms with E-state index in [0.717, 1.165) is 5.52 Å². The molecule has 1 amide bonds. The predicted molar refractivity (Wildman–Crippen MR) is 55.3 cm³/mol. The first-order valence-corrected chi connectivity index (χ1v) is 4.60. The van der Waals surface area contributed by atoms with E-state index in [1.807, 2.05) is 0 Å². The van der Waals surface area contributed by atoms with Gasteiger partial charge in [0.25, 0.3) is 5.91 Å². The molecule has 0 atom stereocenters. The topological polar surface area (TPSA) is 96.7 Å². The Morgan fingerprint density at radius 2 is 2.20 bits per heavy atom. The minimum absolute atomic E-state index is 0.148. The summed E-state index contributed by atoms with van der Waals surface area (Å²) in [6.07, 6.45) is 0. The number of amides is 1. The molecular weight excluding hydrogens is 194 g/mol. The van der Waals surface area contributed by atoms with Crippen LogP contribution in [0.2, 0.25) is 0 Å². The molecule has 1 aromatic heterocycles. The number of nitrogens with one attached hydrogen (secondary N) is 2. The van der Waals surface area contributed by atoms with Gasteiger partial charge in [0, 0.05) is 18.7 Å². The first kappa shape index (κ1) is 9.60. The number of hydrogen-bond acceptors (Lipinski definition) is 4. The van der Waals surface area contributed by atoms with Crippen LogP contribution in [0.15, 0.2) is 18.2 Å². The highest BCUT2D eigenvalue weighted by Gasteiger charge is 2.06. The van der Waals surface area contributed by atoms with Gasteiger partial charge in [-0.1, -0.05) is 0 Å². The van der Waals surface area contributed by atoms with Gasteiger partial charge in [0.15, 0.2) is 0 Å². The van der Waals surface area contributed by atoms with E-state index in [1.54, 1.807) is 18.2 Å². The van der Waals surface area contributed by atoms with E-state index in [0.29, 0.717) is 24.2 Å². The van der Waals surface area contributed by atoms with Crippen LogP contribution in [-0.2, 0) is 0 Å². The smallest absolute Gasteiger partial charge is 0.251 e. The van der Waals surface area contributed by atoms with Crippen LogP contribution in [-0.4, -0.2) is 34.4 Å². The first-order chi connectivity index (χ1) is 7.31. The second kappa shape index (κ2) is 4.05. The molecule has 6 nitrogen and oxygen atoms in total. The fourth-order valence-corrected chi connectivity index (χ4v) is 1.27. The Labute approximate surface area is 85.8 Å². The molecule has 1 heterocycles. The highest BCUT2D eigenvalue weighted by Crippen LogP contribution is 2.10. The molecule has 0 spiro atoms. The van der Waals surface area contributed by atoms with E-state index in [2.05, 4.69) is 20.7 Å². The lowest BCUT2D eigenvalue weighted by Crippen LogP contribution is -2.28. The summed E-state index contributed by atoms with van der Waals surface area (Å²) < 4.78 is 0. The van der Waals surface area contributed by atoms with Crippen molar-refractivity contribution in [2.45, 2.75) is 0 Å². The van der Waals surface area contributed by atoms with Gasteiger partial charge in [-0.3, -0.25) is 4.79 Å². The third-order valence-electron chi connectivity index (χ3n) is 2.01. The molecule has 6 heteroatoms. The highest BCUT2D eigenvalue weighted by atomic mass is 16.1. The Bertz CT molecular complexity index is 478. The lowest BCUT2D eigenvalue weighted by molar-refractivity contribution is 0.0955. The molecule has 0 aliphatic carbocycles. The van der Waals surface area contributed by atoms with Crippen molar-refractivity contribution in [1.29, 1.82) is 0 Å². The summed E-state index contributed by atoms with van der Waals surface area (Å²) >= 11 is 0. The van der Waals surface area contributed by atoms with Crippen LogP contribution < -0.4 is 11.1 Å². The van der Waals surface area contributed by atoms with Crippen LogP contribution in [0, 0.1) is 0 Å². The van der Waals surface area contributed by atoms with E-state index < -0.39 is 0 Å².